The Morgan fingerprint density at radius 3 is 2.82 bits per heavy atom. The molecule has 1 N–H and O–H groups in total. The number of pyridine rings is 1. The molecule has 0 fully saturated rings. The monoisotopic (exact) mass is 250 g/mol. The summed E-state index contributed by atoms with van der Waals surface area (Å²) >= 11 is 5.77. The second-order valence-corrected chi connectivity index (χ2v) is 3.66. The van der Waals surface area contributed by atoms with E-state index in [1.807, 2.05) is 0 Å². The van der Waals surface area contributed by atoms with Gasteiger partial charge < -0.3 is 5.32 Å². The Bertz CT molecular complexity index is 560. The van der Waals surface area contributed by atoms with Gasteiger partial charge in [0.25, 0.3) is 5.91 Å². The van der Waals surface area contributed by atoms with Gasteiger partial charge in [-0.15, -0.1) is 0 Å². The number of halogens is 2. The number of carbonyl (C=O) groups is 1. The summed E-state index contributed by atoms with van der Waals surface area (Å²) in [6.07, 6.45) is 1.49. The van der Waals surface area contributed by atoms with E-state index in [1.54, 1.807) is 18.2 Å². The number of carbonyl (C=O) groups excluding carboxylic acids is 1. The molecule has 0 aliphatic carbocycles. The number of amides is 1. The summed E-state index contributed by atoms with van der Waals surface area (Å²) in [4.78, 5) is 15.6. The first-order valence-electron chi connectivity index (χ1n) is 4.84. The van der Waals surface area contributed by atoms with Gasteiger partial charge in [-0.05, 0) is 30.3 Å². The van der Waals surface area contributed by atoms with E-state index in [2.05, 4.69) is 10.3 Å². The van der Waals surface area contributed by atoms with Crippen molar-refractivity contribution in [3.8, 4) is 0 Å². The van der Waals surface area contributed by atoms with E-state index in [0.717, 1.165) is 0 Å². The molecule has 1 aromatic heterocycles. The Morgan fingerprint density at radius 2 is 2.12 bits per heavy atom. The Balaban J connectivity index is 2.20. The Hall–Kier alpha value is -1.94. The van der Waals surface area contributed by atoms with E-state index in [4.69, 9.17) is 11.6 Å². The van der Waals surface area contributed by atoms with Crippen molar-refractivity contribution in [2.45, 2.75) is 0 Å². The molecule has 86 valence electrons. The minimum Gasteiger partial charge on any atom is -0.322 e. The van der Waals surface area contributed by atoms with E-state index in [-0.39, 0.29) is 10.7 Å². The van der Waals surface area contributed by atoms with Gasteiger partial charge in [0.05, 0.1) is 5.56 Å². The lowest BCUT2D eigenvalue weighted by Crippen LogP contribution is -2.12. The van der Waals surface area contributed by atoms with Crippen LogP contribution in [-0.4, -0.2) is 10.9 Å². The predicted octanol–water partition coefficient (Wildman–Crippen LogP) is 3.13. The molecule has 0 bridgehead atoms. The van der Waals surface area contributed by atoms with Crippen molar-refractivity contribution in [3.63, 3.8) is 0 Å². The second-order valence-electron chi connectivity index (χ2n) is 3.31. The van der Waals surface area contributed by atoms with Gasteiger partial charge in [0.2, 0.25) is 0 Å². The fourth-order valence-corrected chi connectivity index (χ4v) is 1.53. The molecule has 0 atom stereocenters. The molecule has 0 radical (unpaired) electrons. The molecule has 2 aromatic rings. The van der Waals surface area contributed by atoms with Gasteiger partial charge in [-0.25, -0.2) is 9.37 Å². The topological polar surface area (TPSA) is 42.0 Å². The number of hydrogen-bond acceptors (Lipinski definition) is 2. The fourth-order valence-electron chi connectivity index (χ4n) is 1.32. The largest absolute Gasteiger partial charge is 0.322 e. The van der Waals surface area contributed by atoms with Gasteiger partial charge >= 0.3 is 0 Å². The summed E-state index contributed by atoms with van der Waals surface area (Å²) in [5.74, 6) is -0.839. The van der Waals surface area contributed by atoms with Crippen LogP contribution in [0.3, 0.4) is 0 Å². The average Bonchev–Trinajstić information content (AvgIpc) is 2.29. The highest BCUT2D eigenvalue weighted by Gasteiger charge is 2.10. The highest BCUT2D eigenvalue weighted by molar-refractivity contribution is 6.33. The first kappa shape index (κ1) is 11.5. The lowest BCUT2D eigenvalue weighted by molar-refractivity contribution is 0.102. The molecular formula is C12H8ClFN2O. The lowest BCUT2D eigenvalue weighted by Gasteiger charge is -2.05. The van der Waals surface area contributed by atoms with Crippen molar-refractivity contribution < 1.29 is 9.18 Å². The Labute approximate surface area is 102 Å². The number of nitrogens with zero attached hydrogens (tertiary/aromatic N) is 1. The van der Waals surface area contributed by atoms with Crippen LogP contribution >= 0.6 is 11.6 Å². The van der Waals surface area contributed by atoms with Crippen molar-refractivity contribution >= 4 is 23.2 Å². The third-order valence-corrected chi connectivity index (χ3v) is 2.39. The maximum absolute atomic E-state index is 12.9. The van der Waals surface area contributed by atoms with Crippen molar-refractivity contribution in [3.05, 3.63) is 59.1 Å². The Kier molecular flexibility index (Phi) is 3.35. The summed E-state index contributed by atoms with van der Waals surface area (Å²) in [6, 6.07) is 8.77. The standard InChI is InChI=1S/C12H8ClFN2O/c13-11-10(5-2-6-15-11)12(17)16-9-4-1-3-8(14)7-9/h1-7H,(H,16,17). The average molecular weight is 251 g/mol. The van der Waals surface area contributed by atoms with Crippen LogP contribution in [0.15, 0.2) is 42.6 Å². The van der Waals surface area contributed by atoms with E-state index >= 15 is 0 Å². The molecule has 0 aliphatic rings. The molecule has 3 nitrogen and oxygen atoms in total. The molecule has 0 spiro atoms. The lowest BCUT2D eigenvalue weighted by atomic mass is 10.2. The molecule has 5 heteroatoms. The zero-order chi connectivity index (χ0) is 12.3. The van der Waals surface area contributed by atoms with Crippen LogP contribution < -0.4 is 5.32 Å². The molecule has 17 heavy (non-hydrogen) atoms. The summed E-state index contributed by atoms with van der Waals surface area (Å²) in [5.41, 5.74) is 0.619. The summed E-state index contributed by atoms with van der Waals surface area (Å²) in [7, 11) is 0. The number of hydrogen-bond donors (Lipinski definition) is 1. The summed E-state index contributed by atoms with van der Waals surface area (Å²) in [5, 5.41) is 2.65. The van der Waals surface area contributed by atoms with Crippen LogP contribution in [0.5, 0.6) is 0 Å². The van der Waals surface area contributed by atoms with Gasteiger partial charge in [0, 0.05) is 11.9 Å². The number of aromatic nitrogens is 1. The first-order chi connectivity index (χ1) is 8.16. The van der Waals surface area contributed by atoms with E-state index in [0.29, 0.717) is 5.69 Å². The highest BCUT2D eigenvalue weighted by atomic mass is 35.5. The molecule has 0 unspecified atom stereocenters. The van der Waals surface area contributed by atoms with E-state index < -0.39 is 11.7 Å². The second kappa shape index (κ2) is 4.93. The molecule has 0 saturated carbocycles. The number of anilines is 1. The van der Waals surface area contributed by atoms with E-state index in [1.165, 1.54) is 24.4 Å². The van der Waals surface area contributed by atoms with Crippen molar-refractivity contribution in [1.82, 2.24) is 4.98 Å². The normalized spacial score (nSPS) is 10.0. The van der Waals surface area contributed by atoms with Gasteiger partial charge in [0.15, 0.2) is 0 Å². The van der Waals surface area contributed by atoms with Crippen molar-refractivity contribution in [1.29, 1.82) is 0 Å². The number of rotatable bonds is 2. The minimum atomic E-state index is -0.422. The predicted molar refractivity (Wildman–Crippen MR) is 63.6 cm³/mol. The highest BCUT2D eigenvalue weighted by Crippen LogP contribution is 2.15. The quantitative estimate of drug-likeness (QED) is 0.832. The van der Waals surface area contributed by atoms with Gasteiger partial charge in [0.1, 0.15) is 11.0 Å². The van der Waals surface area contributed by atoms with Crippen LogP contribution in [0.4, 0.5) is 10.1 Å². The minimum absolute atomic E-state index is 0.112. The molecule has 0 saturated heterocycles. The zero-order valence-corrected chi connectivity index (χ0v) is 9.41. The van der Waals surface area contributed by atoms with Gasteiger partial charge in [-0.3, -0.25) is 4.79 Å². The maximum Gasteiger partial charge on any atom is 0.258 e. The number of nitrogens with one attached hydrogen (secondary N) is 1. The molecule has 0 aliphatic heterocycles. The molecule has 1 aromatic carbocycles. The third kappa shape index (κ3) is 2.79. The van der Waals surface area contributed by atoms with Crippen LogP contribution in [-0.2, 0) is 0 Å². The first-order valence-corrected chi connectivity index (χ1v) is 5.22. The van der Waals surface area contributed by atoms with Crippen LogP contribution in [0.1, 0.15) is 10.4 Å². The molecule has 1 amide bonds. The third-order valence-electron chi connectivity index (χ3n) is 2.09. The van der Waals surface area contributed by atoms with E-state index in [9.17, 15) is 9.18 Å². The van der Waals surface area contributed by atoms with Gasteiger partial charge in [-0.2, -0.15) is 0 Å². The van der Waals surface area contributed by atoms with Crippen molar-refractivity contribution in [2.24, 2.45) is 0 Å². The Morgan fingerprint density at radius 1 is 1.29 bits per heavy atom. The zero-order valence-electron chi connectivity index (χ0n) is 8.65. The molecule has 2 rings (SSSR count). The SMILES string of the molecule is O=C(Nc1cccc(F)c1)c1cccnc1Cl. The fraction of sp³-hybridized carbons (Fsp3) is 0. The number of benzene rings is 1. The molecular weight excluding hydrogens is 243 g/mol. The molecule has 1 heterocycles. The van der Waals surface area contributed by atoms with Gasteiger partial charge in [-0.1, -0.05) is 17.7 Å². The maximum atomic E-state index is 12.9. The smallest absolute Gasteiger partial charge is 0.258 e. The van der Waals surface area contributed by atoms with Crippen LogP contribution in [0.2, 0.25) is 5.15 Å². The summed E-state index contributed by atoms with van der Waals surface area (Å²) < 4.78 is 12.9. The van der Waals surface area contributed by atoms with Crippen LogP contribution in [0, 0.1) is 5.82 Å². The van der Waals surface area contributed by atoms with Crippen molar-refractivity contribution in [2.75, 3.05) is 5.32 Å². The van der Waals surface area contributed by atoms with Crippen LogP contribution in [0.25, 0.3) is 0 Å². The summed E-state index contributed by atoms with van der Waals surface area (Å²) in [6.45, 7) is 0.